The highest BCUT2D eigenvalue weighted by Gasteiger charge is 2.11. The molecule has 1 aromatic carbocycles. The predicted molar refractivity (Wildman–Crippen MR) is 68.4 cm³/mol. The van der Waals surface area contributed by atoms with Crippen molar-refractivity contribution in [2.45, 2.75) is 6.54 Å². The zero-order chi connectivity index (χ0) is 13.3. The number of halogens is 2. The van der Waals surface area contributed by atoms with E-state index in [0.717, 1.165) is 5.56 Å². The van der Waals surface area contributed by atoms with Crippen LogP contribution < -0.4 is 11.5 Å². The number of anilines is 1. The van der Waals surface area contributed by atoms with E-state index in [1.165, 1.54) is 16.9 Å². The number of hydrogen-bond donors (Lipinski definition) is 2. The maximum absolute atomic E-state index is 13.1. The fourth-order valence-corrected chi connectivity index (χ4v) is 1.96. The highest BCUT2D eigenvalue weighted by molar-refractivity contribution is 9.10. The second-order valence-electron chi connectivity index (χ2n) is 3.74. The number of nitrogens with two attached hydrogens (primary N) is 2. The summed E-state index contributed by atoms with van der Waals surface area (Å²) in [6, 6.07) is 4.61. The second kappa shape index (κ2) is 4.77. The highest BCUT2D eigenvalue weighted by atomic mass is 79.9. The molecule has 0 saturated heterocycles. The average molecular weight is 313 g/mol. The molecule has 18 heavy (non-hydrogen) atoms. The summed E-state index contributed by atoms with van der Waals surface area (Å²) in [5.41, 5.74) is 11.8. The van der Waals surface area contributed by atoms with E-state index < -0.39 is 5.91 Å². The van der Waals surface area contributed by atoms with Crippen LogP contribution in [0, 0.1) is 5.82 Å². The Kier molecular flexibility index (Phi) is 3.33. The van der Waals surface area contributed by atoms with E-state index in [1.54, 1.807) is 12.1 Å². The summed E-state index contributed by atoms with van der Waals surface area (Å²) in [6.07, 6.45) is 1.51. The van der Waals surface area contributed by atoms with E-state index in [-0.39, 0.29) is 17.2 Å². The van der Waals surface area contributed by atoms with E-state index in [0.29, 0.717) is 11.0 Å². The van der Waals surface area contributed by atoms with Gasteiger partial charge in [-0.1, -0.05) is 6.07 Å². The molecule has 7 heteroatoms. The van der Waals surface area contributed by atoms with E-state index in [2.05, 4.69) is 21.0 Å². The van der Waals surface area contributed by atoms with Crippen molar-refractivity contribution in [2.75, 3.05) is 5.73 Å². The van der Waals surface area contributed by atoms with Gasteiger partial charge in [0.05, 0.1) is 16.7 Å². The molecule has 2 rings (SSSR count). The van der Waals surface area contributed by atoms with Crippen molar-refractivity contribution in [1.82, 2.24) is 9.78 Å². The first-order valence-corrected chi connectivity index (χ1v) is 5.83. The Bertz CT molecular complexity index is 611. The SMILES string of the molecule is NC(=O)c1nn(Cc2ccc(F)c(Br)c2)cc1N. The Labute approximate surface area is 111 Å². The number of amides is 1. The van der Waals surface area contributed by atoms with Crippen molar-refractivity contribution in [2.24, 2.45) is 5.73 Å². The third kappa shape index (κ3) is 2.51. The van der Waals surface area contributed by atoms with Gasteiger partial charge in [-0.2, -0.15) is 5.10 Å². The number of carbonyl (C=O) groups excluding carboxylic acids is 1. The molecule has 0 unspecified atom stereocenters. The van der Waals surface area contributed by atoms with Gasteiger partial charge in [-0.25, -0.2) is 4.39 Å². The number of nitrogen functional groups attached to an aromatic ring is 1. The molecule has 2 aromatic rings. The van der Waals surface area contributed by atoms with Gasteiger partial charge in [0.1, 0.15) is 5.82 Å². The summed E-state index contributed by atoms with van der Waals surface area (Å²) >= 11 is 3.10. The number of hydrogen-bond acceptors (Lipinski definition) is 3. The number of primary amides is 1. The molecule has 0 bridgehead atoms. The quantitative estimate of drug-likeness (QED) is 0.900. The fourth-order valence-electron chi connectivity index (χ4n) is 1.53. The lowest BCUT2D eigenvalue weighted by molar-refractivity contribution is 0.0995. The van der Waals surface area contributed by atoms with Crippen LogP contribution in [0.25, 0.3) is 0 Å². The van der Waals surface area contributed by atoms with E-state index >= 15 is 0 Å². The zero-order valence-electron chi connectivity index (χ0n) is 9.23. The summed E-state index contributed by atoms with van der Waals surface area (Å²) in [5.74, 6) is -1.01. The molecule has 0 fully saturated rings. The smallest absolute Gasteiger partial charge is 0.271 e. The third-order valence-corrected chi connectivity index (χ3v) is 2.96. The standard InChI is InChI=1S/C11H10BrFN4O/c12-7-3-6(1-2-8(7)13)4-17-5-9(14)10(16-17)11(15)18/h1-3,5H,4,14H2,(H2,15,18). The minimum absolute atomic E-state index is 0.0381. The molecular formula is C11H10BrFN4O. The summed E-state index contributed by atoms with van der Waals surface area (Å²) in [6.45, 7) is 0.371. The Balaban J connectivity index is 2.26. The van der Waals surface area contributed by atoms with Gasteiger partial charge in [-0.15, -0.1) is 0 Å². The molecule has 0 spiro atoms. The summed E-state index contributed by atoms with van der Waals surface area (Å²) in [7, 11) is 0. The van der Waals surface area contributed by atoms with E-state index in [4.69, 9.17) is 11.5 Å². The molecular weight excluding hydrogens is 303 g/mol. The monoisotopic (exact) mass is 312 g/mol. The first kappa shape index (κ1) is 12.6. The van der Waals surface area contributed by atoms with E-state index in [1.807, 2.05) is 0 Å². The number of carbonyl (C=O) groups is 1. The molecule has 1 amide bonds. The average Bonchev–Trinajstić information content (AvgIpc) is 2.65. The number of benzene rings is 1. The number of nitrogens with zero attached hydrogens (tertiary/aromatic N) is 2. The lowest BCUT2D eigenvalue weighted by atomic mass is 10.2. The maximum Gasteiger partial charge on any atom is 0.271 e. The topological polar surface area (TPSA) is 86.9 Å². The third-order valence-electron chi connectivity index (χ3n) is 2.35. The van der Waals surface area contributed by atoms with Crippen molar-refractivity contribution in [3.05, 3.63) is 45.9 Å². The van der Waals surface area contributed by atoms with Gasteiger partial charge in [0.2, 0.25) is 0 Å². The van der Waals surface area contributed by atoms with Crippen LogP contribution in [0.4, 0.5) is 10.1 Å². The summed E-state index contributed by atoms with van der Waals surface area (Å²) in [5, 5.41) is 3.96. The molecule has 1 heterocycles. The number of aromatic nitrogens is 2. The van der Waals surface area contributed by atoms with Crippen molar-refractivity contribution >= 4 is 27.5 Å². The Morgan fingerprint density at radius 1 is 1.50 bits per heavy atom. The van der Waals surface area contributed by atoms with Crippen molar-refractivity contribution < 1.29 is 9.18 Å². The predicted octanol–water partition coefficient (Wildman–Crippen LogP) is 1.51. The molecule has 94 valence electrons. The van der Waals surface area contributed by atoms with Gasteiger partial charge in [0, 0.05) is 6.20 Å². The minimum atomic E-state index is -0.675. The molecule has 0 saturated carbocycles. The maximum atomic E-state index is 13.1. The van der Waals surface area contributed by atoms with Crippen molar-refractivity contribution in [3.8, 4) is 0 Å². The fraction of sp³-hybridized carbons (Fsp3) is 0.0909. The normalized spacial score (nSPS) is 10.6. The summed E-state index contributed by atoms with van der Waals surface area (Å²) in [4.78, 5) is 11.0. The first-order valence-electron chi connectivity index (χ1n) is 5.04. The molecule has 0 radical (unpaired) electrons. The van der Waals surface area contributed by atoms with Crippen LogP contribution in [0.2, 0.25) is 0 Å². The number of rotatable bonds is 3. The minimum Gasteiger partial charge on any atom is -0.396 e. The molecule has 0 aliphatic rings. The van der Waals surface area contributed by atoms with Gasteiger partial charge in [-0.05, 0) is 33.6 Å². The molecule has 1 aromatic heterocycles. The molecule has 0 atom stereocenters. The van der Waals surface area contributed by atoms with Gasteiger partial charge in [-0.3, -0.25) is 9.48 Å². The van der Waals surface area contributed by atoms with Crippen LogP contribution >= 0.6 is 15.9 Å². The van der Waals surface area contributed by atoms with Crippen molar-refractivity contribution in [1.29, 1.82) is 0 Å². The van der Waals surface area contributed by atoms with Crippen LogP contribution in [0.15, 0.2) is 28.9 Å². The van der Waals surface area contributed by atoms with Gasteiger partial charge in [0.25, 0.3) is 5.91 Å². The Morgan fingerprint density at radius 2 is 2.22 bits per heavy atom. The van der Waals surface area contributed by atoms with E-state index in [9.17, 15) is 9.18 Å². The zero-order valence-corrected chi connectivity index (χ0v) is 10.8. The van der Waals surface area contributed by atoms with Crippen LogP contribution in [-0.4, -0.2) is 15.7 Å². The second-order valence-corrected chi connectivity index (χ2v) is 4.60. The van der Waals surface area contributed by atoms with Crippen LogP contribution in [0.3, 0.4) is 0 Å². The first-order chi connectivity index (χ1) is 8.47. The van der Waals surface area contributed by atoms with Crippen molar-refractivity contribution in [3.63, 3.8) is 0 Å². The van der Waals surface area contributed by atoms with Gasteiger partial charge >= 0.3 is 0 Å². The lowest BCUT2D eigenvalue weighted by Gasteiger charge is -2.03. The molecule has 0 aliphatic heterocycles. The Morgan fingerprint density at radius 3 is 2.78 bits per heavy atom. The highest BCUT2D eigenvalue weighted by Crippen LogP contribution is 2.18. The van der Waals surface area contributed by atoms with Gasteiger partial charge < -0.3 is 11.5 Å². The largest absolute Gasteiger partial charge is 0.396 e. The molecule has 0 aliphatic carbocycles. The van der Waals surface area contributed by atoms with Gasteiger partial charge in [0.15, 0.2) is 5.69 Å². The Hall–Kier alpha value is -1.89. The van der Waals surface area contributed by atoms with Crippen LogP contribution in [0.5, 0.6) is 0 Å². The molecule has 5 nitrogen and oxygen atoms in total. The lowest BCUT2D eigenvalue weighted by Crippen LogP contribution is -2.14. The van der Waals surface area contributed by atoms with Crippen LogP contribution in [0.1, 0.15) is 16.1 Å². The molecule has 4 N–H and O–H groups in total. The summed E-state index contributed by atoms with van der Waals surface area (Å²) < 4.78 is 14.9. The van der Waals surface area contributed by atoms with Crippen LogP contribution in [-0.2, 0) is 6.54 Å².